The maximum atomic E-state index is 12.0. The van der Waals surface area contributed by atoms with Gasteiger partial charge in [0.2, 0.25) is 11.3 Å². The quantitative estimate of drug-likeness (QED) is 0.800. The molecule has 1 amide bonds. The van der Waals surface area contributed by atoms with Crippen molar-refractivity contribution in [2.75, 3.05) is 6.54 Å². The summed E-state index contributed by atoms with van der Waals surface area (Å²) in [6.07, 6.45) is 1.57. The minimum Gasteiger partial charge on any atom is -0.483 e. The average Bonchev–Trinajstić information content (AvgIpc) is 2.55. The Labute approximate surface area is 134 Å². The van der Waals surface area contributed by atoms with Gasteiger partial charge in [0.25, 0.3) is 0 Å². The number of carbonyl (C=O) groups excluding carboxylic acids is 1. The molecular weight excluding hydrogens is 296 g/mol. The van der Waals surface area contributed by atoms with Gasteiger partial charge in [0.05, 0.1) is 12.8 Å². The lowest BCUT2D eigenvalue weighted by Crippen LogP contribution is -2.26. The molecule has 122 valence electrons. The topological polar surface area (TPSA) is 80.6 Å². The van der Waals surface area contributed by atoms with Crippen LogP contribution in [0.3, 0.4) is 0 Å². The normalized spacial score (nSPS) is 10.3. The van der Waals surface area contributed by atoms with E-state index in [0.717, 1.165) is 5.56 Å². The Morgan fingerprint density at radius 1 is 1.30 bits per heavy atom. The van der Waals surface area contributed by atoms with E-state index >= 15 is 0 Å². The van der Waals surface area contributed by atoms with Gasteiger partial charge in [-0.1, -0.05) is 30.3 Å². The van der Waals surface area contributed by atoms with Crippen LogP contribution in [-0.2, 0) is 24.6 Å². The molecular formula is C17H20N2O4. The summed E-state index contributed by atoms with van der Waals surface area (Å²) in [5, 5.41) is 12.0. The van der Waals surface area contributed by atoms with Crippen molar-refractivity contribution in [2.24, 2.45) is 0 Å². The molecule has 0 fully saturated rings. The Hall–Kier alpha value is -2.60. The molecule has 0 unspecified atom stereocenters. The molecule has 0 spiro atoms. The Balaban J connectivity index is 2.12. The van der Waals surface area contributed by atoms with E-state index < -0.39 is 0 Å². The molecule has 0 aliphatic rings. The molecule has 1 aromatic carbocycles. The van der Waals surface area contributed by atoms with E-state index in [4.69, 9.17) is 4.74 Å². The smallest absolute Gasteiger partial charge is 0.223 e. The first-order valence-corrected chi connectivity index (χ1v) is 7.35. The molecule has 6 nitrogen and oxygen atoms in total. The molecule has 0 radical (unpaired) electrons. The number of carbonyl (C=O) groups is 1. The first kappa shape index (κ1) is 16.8. The van der Waals surface area contributed by atoms with Crippen molar-refractivity contribution in [2.45, 2.75) is 26.7 Å². The predicted octanol–water partition coefficient (Wildman–Crippen LogP) is 1.06. The molecule has 2 N–H and O–H groups in total. The molecule has 1 aromatic heterocycles. The summed E-state index contributed by atoms with van der Waals surface area (Å²) >= 11 is 0. The second kappa shape index (κ2) is 8.14. The number of hydrogen-bond acceptors (Lipinski definition) is 4. The van der Waals surface area contributed by atoms with Crippen LogP contribution in [0.4, 0.5) is 0 Å². The number of pyridine rings is 1. The molecule has 2 aromatic rings. The van der Waals surface area contributed by atoms with Crippen molar-refractivity contribution in [1.82, 2.24) is 9.88 Å². The van der Waals surface area contributed by atoms with Gasteiger partial charge in [0.1, 0.15) is 6.61 Å². The summed E-state index contributed by atoms with van der Waals surface area (Å²) in [7, 11) is 0. The van der Waals surface area contributed by atoms with E-state index in [9.17, 15) is 14.7 Å². The molecule has 0 aliphatic carbocycles. The van der Waals surface area contributed by atoms with E-state index in [-0.39, 0.29) is 23.7 Å². The summed E-state index contributed by atoms with van der Waals surface area (Å²) in [6, 6.07) is 10.9. The van der Waals surface area contributed by atoms with Gasteiger partial charge in [0.15, 0.2) is 5.75 Å². The molecule has 0 bridgehead atoms. The van der Waals surface area contributed by atoms with Crippen LogP contribution >= 0.6 is 0 Å². The molecule has 1 heterocycles. The van der Waals surface area contributed by atoms with Gasteiger partial charge in [-0.3, -0.25) is 9.59 Å². The molecule has 23 heavy (non-hydrogen) atoms. The lowest BCUT2D eigenvalue weighted by atomic mass is 10.2. The summed E-state index contributed by atoms with van der Waals surface area (Å²) in [6.45, 7) is 2.32. The van der Waals surface area contributed by atoms with E-state index in [1.165, 1.54) is 13.0 Å². The van der Waals surface area contributed by atoms with Crippen LogP contribution in [0, 0.1) is 0 Å². The molecule has 2 rings (SSSR count). The van der Waals surface area contributed by atoms with Crippen molar-refractivity contribution in [3.05, 3.63) is 64.1 Å². The second-order valence-corrected chi connectivity index (χ2v) is 5.10. The monoisotopic (exact) mass is 316 g/mol. The molecule has 6 heteroatoms. The maximum absolute atomic E-state index is 12.0. The van der Waals surface area contributed by atoms with Crippen LogP contribution in [0.2, 0.25) is 0 Å². The summed E-state index contributed by atoms with van der Waals surface area (Å²) in [5.41, 5.74) is 1.16. The highest BCUT2D eigenvalue weighted by Gasteiger charge is 2.08. The van der Waals surface area contributed by atoms with Crippen molar-refractivity contribution >= 4 is 5.91 Å². The number of aliphatic hydroxyl groups excluding tert-OH is 1. The third-order valence-corrected chi connectivity index (χ3v) is 3.31. The Morgan fingerprint density at radius 3 is 2.70 bits per heavy atom. The van der Waals surface area contributed by atoms with Crippen LogP contribution in [0.1, 0.15) is 18.2 Å². The third-order valence-electron chi connectivity index (χ3n) is 3.31. The van der Waals surface area contributed by atoms with Crippen molar-refractivity contribution in [3.63, 3.8) is 0 Å². The van der Waals surface area contributed by atoms with E-state index in [1.807, 2.05) is 30.3 Å². The van der Waals surface area contributed by atoms with Gasteiger partial charge < -0.3 is 19.7 Å². The van der Waals surface area contributed by atoms with Crippen molar-refractivity contribution in [3.8, 4) is 5.75 Å². The highest BCUT2D eigenvalue weighted by molar-refractivity contribution is 5.72. The third kappa shape index (κ3) is 4.96. The van der Waals surface area contributed by atoms with E-state index in [0.29, 0.717) is 25.4 Å². The highest BCUT2D eigenvalue weighted by Crippen LogP contribution is 2.10. The van der Waals surface area contributed by atoms with Crippen LogP contribution in [0.15, 0.2) is 47.4 Å². The Morgan fingerprint density at radius 2 is 2.04 bits per heavy atom. The predicted molar refractivity (Wildman–Crippen MR) is 86.1 cm³/mol. The van der Waals surface area contributed by atoms with Crippen LogP contribution < -0.4 is 15.5 Å². The zero-order valence-electron chi connectivity index (χ0n) is 13.0. The fourth-order valence-corrected chi connectivity index (χ4v) is 2.13. The maximum Gasteiger partial charge on any atom is 0.223 e. The fraction of sp³-hybridized carbons (Fsp3) is 0.294. The van der Waals surface area contributed by atoms with Crippen LogP contribution in [0.25, 0.3) is 0 Å². The SMILES string of the molecule is CC(=O)NCCn1cc(OCc2ccccc2)c(=O)cc1CO. The van der Waals surface area contributed by atoms with Gasteiger partial charge in [-0.05, 0) is 5.56 Å². The zero-order valence-corrected chi connectivity index (χ0v) is 13.0. The number of nitrogens with zero attached hydrogens (tertiary/aromatic N) is 1. The van der Waals surface area contributed by atoms with Gasteiger partial charge in [-0.25, -0.2) is 0 Å². The first-order valence-electron chi connectivity index (χ1n) is 7.35. The second-order valence-electron chi connectivity index (χ2n) is 5.10. The van der Waals surface area contributed by atoms with Crippen LogP contribution in [0.5, 0.6) is 5.75 Å². The molecule has 0 aliphatic heterocycles. The van der Waals surface area contributed by atoms with Gasteiger partial charge >= 0.3 is 0 Å². The van der Waals surface area contributed by atoms with Gasteiger partial charge in [0, 0.05) is 31.8 Å². The standard InChI is InChI=1S/C17H20N2O4/c1-13(21)18-7-8-19-10-17(16(22)9-15(19)11-20)23-12-14-5-3-2-4-6-14/h2-6,9-10,20H,7-8,11-12H2,1H3,(H,18,21). The summed E-state index contributed by atoms with van der Waals surface area (Å²) in [4.78, 5) is 23.0. The van der Waals surface area contributed by atoms with Crippen molar-refractivity contribution < 1.29 is 14.6 Å². The first-order chi connectivity index (χ1) is 11.1. The fourth-order valence-electron chi connectivity index (χ4n) is 2.13. The number of aliphatic hydroxyl groups is 1. The Bertz CT molecular complexity index is 710. The van der Waals surface area contributed by atoms with Crippen LogP contribution in [-0.4, -0.2) is 22.1 Å². The highest BCUT2D eigenvalue weighted by atomic mass is 16.5. The average molecular weight is 316 g/mol. The summed E-state index contributed by atoms with van der Waals surface area (Å²) in [5.74, 6) is 0.0889. The molecule has 0 atom stereocenters. The number of ether oxygens (including phenoxy) is 1. The number of hydrogen-bond donors (Lipinski definition) is 2. The number of amides is 1. The van der Waals surface area contributed by atoms with Crippen molar-refractivity contribution in [1.29, 1.82) is 0 Å². The van der Waals surface area contributed by atoms with E-state index in [1.54, 1.807) is 10.8 Å². The van der Waals surface area contributed by atoms with E-state index in [2.05, 4.69) is 5.32 Å². The number of nitrogens with one attached hydrogen (secondary N) is 1. The largest absolute Gasteiger partial charge is 0.483 e. The van der Waals surface area contributed by atoms with Gasteiger partial charge in [-0.2, -0.15) is 0 Å². The minimum absolute atomic E-state index is 0.128. The number of benzene rings is 1. The lowest BCUT2D eigenvalue weighted by Gasteiger charge is -2.14. The van der Waals surface area contributed by atoms with Gasteiger partial charge in [-0.15, -0.1) is 0 Å². The molecule has 0 saturated carbocycles. The zero-order chi connectivity index (χ0) is 16.7. The Kier molecular flexibility index (Phi) is 5.94. The molecule has 0 saturated heterocycles. The minimum atomic E-state index is -0.277. The summed E-state index contributed by atoms with van der Waals surface area (Å²) < 4.78 is 7.29. The number of rotatable bonds is 7. The number of aromatic nitrogens is 1. The lowest BCUT2D eigenvalue weighted by molar-refractivity contribution is -0.118.